The number of halogens is 3. The maximum Gasteiger partial charge on any atom is 0.416 e. The van der Waals surface area contributed by atoms with Crippen LogP contribution in [0, 0.1) is 0 Å². The van der Waals surface area contributed by atoms with Crippen molar-refractivity contribution >= 4 is 11.9 Å². The summed E-state index contributed by atoms with van der Waals surface area (Å²) in [6.07, 6.45) is -4.92. The van der Waals surface area contributed by atoms with Gasteiger partial charge in [-0.3, -0.25) is 4.79 Å². The number of hydrogen-bond acceptors (Lipinski definition) is 4. The van der Waals surface area contributed by atoms with E-state index in [0.717, 1.165) is 17.7 Å². The van der Waals surface area contributed by atoms with Crippen molar-refractivity contribution in [3.8, 4) is 5.75 Å². The van der Waals surface area contributed by atoms with Crippen molar-refractivity contribution in [2.24, 2.45) is 0 Å². The minimum absolute atomic E-state index is 0.153. The third-order valence-electron chi connectivity index (χ3n) is 4.86. The Bertz CT molecular complexity index is 942. The highest BCUT2D eigenvalue weighted by atomic mass is 19.4. The Labute approximate surface area is 190 Å². The van der Waals surface area contributed by atoms with Crippen LogP contribution in [0.25, 0.3) is 0 Å². The molecule has 2 aromatic carbocycles. The van der Waals surface area contributed by atoms with Crippen LogP contribution < -0.4 is 10.1 Å². The number of aliphatic carboxylic acids is 1. The van der Waals surface area contributed by atoms with Crippen molar-refractivity contribution < 1.29 is 37.3 Å². The van der Waals surface area contributed by atoms with Crippen molar-refractivity contribution in [1.82, 2.24) is 5.32 Å². The van der Waals surface area contributed by atoms with E-state index in [1.807, 2.05) is 0 Å². The molecule has 0 radical (unpaired) electrons. The molecule has 0 saturated heterocycles. The largest absolute Gasteiger partial charge is 0.479 e. The molecule has 6 nitrogen and oxygen atoms in total. The second kappa shape index (κ2) is 11.2. The zero-order valence-corrected chi connectivity index (χ0v) is 18.7. The number of alkyl halides is 3. The molecule has 0 bridgehead atoms. The fourth-order valence-electron chi connectivity index (χ4n) is 3.10. The second-order valence-electron chi connectivity index (χ2n) is 7.95. The van der Waals surface area contributed by atoms with E-state index in [4.69, 9.17) is 9.47 Å². The van der Waals surface area contributed by atoms with Crippen LogP contribution in [-0.4, -0.2) is 41.8 Å². The number of benzene rings is 2. The first-order chi connectivity index (χ1) is 15.4. The maximum absolute atomic E-state index is 12.8. The van der Waals surface area contributed by atoms with Crippen molar-refractivity contribution in [1.29, 1.82) is 0 Å². The molecule has 0 aliphatic heterocycles. The van der Waals surface area contributed by atoms with Gasteiger partial charge in [0.1, 0.15) is 5.75 Å². The summed E-state index contributed by atoms with van der Waals surface area (Å²) in [7, 11) is 0. The van der Waals surface area contributed by atoms with E-state index < -0.39 is 35.3 Å². The Kier molecular flexibility index (Phi) is 8.87. The van der Waals surface area contributed by atoms with Gasteiger partial charge in [0.15, 0.2) is 11.7 Å². The predicted molar refractivity (Wildman–Crippen MR) is 116 cm³/mol. The predicted octanol–water partition coefficient (Wildman–Crippen LogP) is 4.25. The molecule has 1 atom stereocenters. The molecule has 0 aliphatic rings. The number of hydrogen-bond donors (Lipinski definition) is 2. The van der Waals surface area contributed by atoms with Crippen LogP contribution in [0.2, 0.25) is 0 Å². The molecular formula is C24H28F3NO5. The summed E-state index contributed by atoms with van der Waals surface area (Å²) in [5.41, 5.74) is -0.753. The highest BCUT2D eigenvalue weighted by Crippen LogP contribution is 2.29. The molecule has 33 heavy (non-hydrogen) atoms. The summed E-state index contributed by atoms with van der Waals surface area (Å²) < 4.78 is 49.4. The van der Waals surface area contributed by atoms with Gasteiger partial charge in [-0.2, -0.15) is 13.2 Å². The average Bonchev–Trinajstić information content (AvgIpc) is 2.74. The van der Waals surface area contributed by atoms with E-state index in [1.165, 1.54) is 6.07 Å². The summed E-state index contributed by atoms with van der Waals surface area (Å²) in [6.45, 7) is 5.32. The number of carbonyl (C=O) groups excluding carboxylic acids is 1. The molecule has 0 unspecified atom stereocenters. The standard InChI is InChI=1S/C24H28F3NO5/c1-4-32-20(21(29)30)15-17-8-10-19(11-9-17)33-23(2,3)22(31)28-13-12-16-6-5-7-18(14-16)24(25,26)27/h5-11,14,20H,4,12-13,15H2,1-3H3,(H,28,31)(H,29,30)/t20-/m0/s1. The van der Waals surface area contributed by atoms with Crippen LogP contribution in [0.5, 0.6) is 5.75 Å². The zero-order chi connectivity index (χ0) is 24.6. The van der Waals surface area contributed by atoms with Crippen molar-refractivity contribution in [3.63, 3.8) is 0 Å². The van der Waals surface area contributed by atoms with Gasteiger partial charge in [0, 0.05) is 19.6 Å². The third-order valence-corrected chi connectivity index (χ3v) is 4.86. The fraction of sp³-hybridized carbons (Fsp3) is 0.417. The van der Waals surface area contributed by atoms with Gasteiger partial charge >= 0.3 is 12.1 Å². The lowest BCUT2D eigenvalue weighted by molar-refractivity contribution is -0.150. The Hall–Kier alpha value is -3.07. The van der Waals surface area contributed by atoms with Crippen LogP contribution in [0.1, 0.15) is 37.5 Å². The molecule has 2 rings (SSSR count). The highest BCUT2D eigenvalue weighted by molar-refractivity contribution is 5.84. The van der Waals surface area contributed by atoms with E-state index in [1.54, 1.807) is 51.1 Å². The van der Waals surface area contributed by atoms with Gasteiger partial charge < -0.3 is 19.9 Å². The minimum Gasteiger partial charge on any atom is -0.479 e. The lowest BCUT2D eigenvalue weighted by Crippen LogP contribution is -2.47. The normalized spacial score (nSPS) is 12.8. The van der Waals surface area contributed by atoms with Crippen LogP contribution in [0.4, 0.5) is 13.2 Å². The van der Waals surface area contributed by atoms with Gasteiger partial charge in [0.05, 0.1) is 5.56 Å². The van der Waals surface area contributed by atoms with E-state index in [0.29, 0.717) is 11.3 Å². The number of rotatable bonds is 11. The van der Waals surface area contributed by atoms with Crippen molar-refractivity contribution in [2.45, 2.75) is 51.5 Å². The number of nitrogens with one attached hydrogen (secondary N) is 1. The first-order valence-electron chi connectivity index (χ1n) is 10.5. The number of carbonyl (C=O) groups is 2. The summed E-state index contributed by atoms with van der Waals surface area (Å²) in [6, 6.07) is 11.7. The minimum atomic E-state index is -4.41. The Morgan fingerprint density at radius 2 is 1.73 bits per heavy atom. The molecule has 2 N–H and O–H groups in total. The molecule has 1 amide bonds. The number of carboxylic acid groups (broad SMARTS) is 1. The molecule has 0 spiro atoms. The quantitative estimate of drug-likeness (QED) is 0.516. The fourth-order valence-corrected chi connectivity index (χ4v) is 3.10. The maximum atomic E-state index is 12.8. The van der Waals surface area contributed by atoms with Gasteiger partial charge in [-0.1, -0.05) is 30.3 Å². The molecule has 0 aromatic heterocycles. The Morgan fingerprint density at radius 3 is 2.30 bits per heavy atom. The van der Waals surface area contributed by atoms with Crippen LogP contribution in [0.15, 0.2) is 48.5 Å². The third kappa shape index (κ3) is 8.09. The summed E-state index contributed by atoms with van der Waals surface area (Å²) in [4.78, 5) is 23.8. The monoisotopic (exact) mass is 467 g/mol. The molecular weight excluding hydrogens is 439 g/mol. The van der Waals surface area contributed by atoms with Crippen LogP contribution in [-0.2, 0) is 33.3 Å². The first-order valence-corrected chi connectivity index (χ1v) is 10.5. The lowest BCUT2D eigenvalue weighted by Gasteiger charge is -2.25. The smallest absolute Gasteiger partial charge is 0.416 e. The number of carboxylic acids is 1. The Morgan fingerprint density at radius 1 is 1.06 bits per heavy atom. The van der Waals surface area contributed by atoms with E-state index in [-0.39, 0.29) is 26.0 Å². The summed E-state index contributed by atoms with van der Waals surface area (Å²) in [5, 5.41) is 11.9. The first kappa shape index (κ1) is 26.2. The molecule has 180 valence electrons. The van der Waals surface area contributed by atoms with Gasteiger partial charge in [-0.15, -0.1) is 0 Å². The lowest BCUT2D eigenvalue weighted by atomic mass is 10.1. The van der Waals surface area contributed by atoms with E-state index in [2.05, 4.69) is 5.32 Å². The van der Waals surface area contributed by atoms with Crippen molar-refractivity contribution in [2.75, 3.05) is 13.2 Å². The molecule has 2 aromatic rings. The molecule has 0 fully saturated rings. The second-order valence-corrected chi connectivity index (χ2v) is 7.95. The van der Waals surface area contributed by atoms with Crippen molar-refractivity contribution in [3.05, 3.63) is 65.2 Å². The van der Waals surface area contributed by atoms with Gasteiger partial charge in [-0.25, -0.2) is 4.79 Å². The summed E-state index contributed by atoms with van der Waals surface area (Å²) >= 11 is 0. The zero-order valence-electron chi connectivity index (χ0n) is 18.7. The SMILES string of the molecule is CCO[C@@H](Cc1ccc(OC(C)(C)C(=O)NCCc2cccc(C(F)(F)F)c2)cc1)C(=O)O. The number of amides is 1. The van der Waals surface area contributed by atoms with Gasteiger partial charge in [-0.05, 0) is 56.5 Å². The van der Waals surface area contributed by atoms with E-state index >= 15 is 0 Å². The van der Waals surface area contributed by atoms with Gasteiger partial charge in [0.25, 0.3) is 5.91 Å². The molecule has 0 saturated carbocycles. The van der Waals surface area contributed by atoms with Crippen LogP contribution >= 0.6 is 0 Å². The van der Waals surface area contributed by atoms with E-state index in [9.17, 15) is 27.9 Å². The average molecular weight is 467 g/mol. The van der Waals surface area contributed by atoms with Gasteiger partial charge in [0.2, 0.25) is 0 Å². The highest BCUT2D eigenvalue weighted by Gasteiger charge is 2.31. The molecule has 0 aliphatic carbocycles. The topological polar surface area (TPSA) is 84.9 Å². The Balaban J connectivity index is 1.90. The number of ether oxygens (including phenoxy) is 2. The molecule has 9 heteroatoms. The summed E-state index contributed by atoms with van der Waals surface area (Å²) in [5.74, 6) is -1.04. The van der Waals surface area contributed by atoms with Crippen LogP contribution in [0.3, 0.4) is 0 Å². The molecule has 0 heterocycles.